The van der Waals surface area contributed by atoms with E-state index in [0.29, 0.717) is 0 Å². The summed E-state index contributed by atoms with van der Waals surface area (Å²) in [5, 5.41) is 6.34. The van der Waals surface area contributed by atoms with Crippen molar-refractivity contribution in [1.29, 1.82) is 0 Å². The number of oxime groups is 1. The van der Waals surface area contributed by atoms with Gasteiger partial charge in [0.05, 0.1) is 10.7 Å². The molecule has 31 heavy (non-hydrogen) atoms. The maximum absolute atomic E-state index is 12.4. The summed E-state index contributed by atoms with van der Waals surface area (Å²) in [7, 11) is -0.816. The van der Waals surface area contributed by atoms with Crippen molar-refractivity contribution >= 4 is 45.3 Å². The predicted octanol–water partition coefficient (Wildman–Crippen LogP) is 2.80. The lowest BCUT2D eigenvalue weighted by Gasteiger charge is -2.14. The molecular formula is C18H22ClN7O4S. The monoisotopic (exact) mass is 467 g/mol. The number of hydrogen-bond acceptors (Lipinski definition) is 9. The number of aromatic nitrogens is 3. The SMILES string of the molecule is CN(C)c1nc(NC(=O)NS(=O)(=O)c2ccccc2Cl)nc(ON=C2CCCCC2)n1. The van der Waals surface area contributed by atoms with Crippen LogP contribution in [0.3, 0.4) is 0 Å². The van der Waals surface area contributed by atoms with E-state index in [2.05, 4.69) is 25.4 Å². The van der Waals surface area contributed by atoms with E-state index in [1.165, 1.54) is 18.2 Å². The van der Waals surface area contributed by atoms with E-state index in [9.17, 15) is 13.2 Å². The second-order valence-electron chi connectivity index (χ2n) is 6.94. The highest BCUT2D eigenvalue weighted by atomic mass is 35.5. The average Bonchev–Trinajstić information content (AvgIpc) is 2.72. The summed E-state index contributed by atoms with van der Waals surface area (Å²) in [6.45, 7) is 0. The molecule has 1 saturated carbocycles. The van der Waals surface area contributed by atoms with E-state index in [1.54, 1.807) is 25.1 Å². The number of carbonyl (C=O) groups excluding carboxylic acids is 1. The lowest BCUT2D eigenvalue weighted by atomic mass is 9.99. The number of amides is 2. The largest absolute Gasteiger partial charge is 0.352 e. The van der Waals surface area contributed by atoms with Gasteiger partial charge in [-0.25, -0.2) is 17.9 Å². The van der Waals surface area contributed by atoms with E-state index < -0.39 is 16.1 Å². The molecule has 0 atom stereocenters. The first-order chi connectivity index (χ1) is 14.7. The molecule has 0 bridgehead atoms. The summed E-state index contributed by atoms with van der Waals surface area (Å²) in [6, 6.07) is 4.56. The highest BCUT2D eigenvalue weighted by Gasteiger charge is 2.21. The lowest BCUT2D eigenvalue weighted by molar-refractivity contribution is 0.256. The minimum absolute atomic E-state index is 0.0182. The Morgan fingerprint density at radius 2 is 1.84 bits per heavy atom. The third kappa shape index (κ3) is 6.25. The Hall–Kier alpha value is -2.99. The van der Waals surface area contributed by atoms with Gasteiger partial charge < -0.3 is 9.74 Å². The van der Waals surface area contributed by atoms with Gasteiger partial charge in [-0.15, -0.1) is 0 Å². The van der Waals surface area contributed by atoms with Gasteiger partial charge in [0.15, 0.2) is 0 Å². The molecule has 0 spiro atoms. The van der Waals surface area contributed by atoms with Gasteiger partial charge in [0.25, 0.3) is 10.0 Å². The maximum atomic E-state index is 12.4. The molecule has 1 aromatic heterocycles. The average molecular weight is 468 g/mol. The van der Waals surface area contributed by atoms with Crippen molar-refractivity contribution < 1.29 is 18.0 Å². The maximum Gasteiger partial charge on any atom is 0.352 e. The van der Waals surface area contributed by atoms with Crippen molar-refractivity contribution in [3.63, 3.8) is 0 Å². The molecule has 2 aromatic rings. The van der Waals surface area contributed by atoms with Gasteiger partial charge in [0.1, 0.15) is 4.90 Å². The van der Waals surface area contributed by atoms with Crippen LogP contribution in [0.15, 0.2) is 34.3 Å². The Morgan fingerprint density at radius 1 is 1.13 bits per heavy atom. The Labute approximate surface area is 184 Å². The van der Waals surface area contributed by atoms with Gasteiger partial charge in [0.2, 0.25) is 11.9 Å². The summed E-state index contributed by atoms with van der Waals surface area (Å²) >= 11 is 5.91. The van der Waals surface area contributed by atoms with Crippen molar-refractivity contribution in [3.8, 4) is 6.01 Å². The van der Waals surface area contributed by atoms with Gasteiger partial charge in [-0.2, -0.15) is 15.0 Å². The third-order valence-electron chi connectivity index (χ3n) is 4.27. The Bertz CT molecular complexity index is 1080. The van der Waals surface area contributed by atoms with Crippen LogP contribution in [0.5, 0.6) is 6.01 Å². The fourth-order valence-electron chi connectivity index (χ4n) is 2.77. The van der Waals surface area contributed by atoms with Crippen LogP contribution < -0.4 is 19.8 Å². The number of benzene rings is 1. The number of halogens is 1. The molecule has 11 nitrogen and oxygen atoms in total. The molecule has 1 aromatic carbocycles. The van der Waals surface area contributed by atoms with Crippen LogP contribution >= 0.6 is 11.6 Å². The van der Waals surface area contributed by atoms with E-state index in [1.807, 2.05) is 4.72 Å². The van der Waals surface area contributed by atoms with Gasteiger partial charge >= 0.3 is 12.0 Å². The van der Waals surface area contributed by atoms with E-state index in [0.717, 1.165) is 37.8 Å². The molecular weight excluding hydrogens is 446 g/mol. The van der Waals surface area contributed by atoms with Crippen LogP contribution in [-0.4, -0.2) is 49.2 Å². The smallest absolute Gasteiger partial charge is 0.347 e. The number of hydrogen-bond donors (Lipinski definition) is 2. The minimum atomic E-state index is -4.20. The summed E-state index contributed by atoms with van der Waals surface area (Å²) in [4.78, 5) is 31.1. The van der Waals surface area contributed by atoms with Crippen molar-refractivity contribution in [3.05, 3.63) is 29.3 Å². The van der Waals surface area contributed by atoms with E-state index in [-0.39, 0.29) is 27.8 Å². The number of carbonyl (C=O) groups is 1. The molecule has 0 unspecified atom stereocenters. The van der Waals surface area contributed by atoms with Gasteiger partial charge in [-0.05, 0) is 37.8 Å². The lowest BCUT2D eigenvalue weighted by Crippen LogP contribution is -2.35. The van der Waals surface area contributed by atoms with E-state index in [4.69, 9.17) is 16.4 Å². The molecule has 3 rings (SSSR count). The van der Waals surface area contributed by atoms with Crippen LogP contribution in [0.2, 0.25) is 5.02 Å². The zero-order valence-corrected chi connectivity index (χ0v) is 18.6. The van der Waals surface area contributed by atoms with Gasteiger partial charge in [-0.3, -0.25) is 5.32 Å². The van der Waals surface area contributed by atoms with Gasteiger partial charge in [-0.1, -0.05) is 35.3 Å². The third-order valence-corrected chi connectivity index (χ3v) is 6.10. The first-order valence-electron chi connectivity index (χ1n) is 9.49. The van der Waals surface area contributed by atoms with Crippen molar-refractivity contribution in [2.75, 3.05) is 24.3 Å². The fraction of sp³-hybridized carbons (Fsp3) is 0.389. The molecule has 166 valence electrons. The molecule has 13 heteroatoms. The van der Waals surface area contributed by atoms with Crippen LogP contribution in [0.1, 0.15) is 32.1 Å². The summed E-state index contributed by atoms with van der Waals surface area (Å²) in [5.74, 6) is -0.0116. The molecule has 0 saturated heterocycles. The number of urea groups is 1. The normalized spacial score (nSPS) is 14.0. The number of anilines is 2. The zero-order chi connectivity index (χ0) is 22.4. The summed E-state index contributed by atoms with van der Waals surface area (Å²) in [6.07, 6.45) is 4.96. The van der Waals surface area contributed by atoms with Crippen LogP contribution in [-0.2, 0) is 10.0 Å². The van der Waals surface area contributed by atoms with Crippen molar-refractivity contribution in [1.82, 2.24) is 19.7 Å². The highest BCUT2D eigenvalue weighted by Crippen LogP contribution is 2.20. The number of nitrogens with one attached hydrogen (secondary N) is 2. The van der Waals surface area contributed by atoms with Crippen LogP contribution in [0, 0.1) is 0 Å². The number of sulfonamides is 1. The second-order valence-corrected chi connectivity index (χ2v) is 8.99. The fourth-order valence-corrected chi connectivity index (χ4v) is 4.19. The predicted molar refractivity (Wildman–Crippen MR) is 116 cm³/mol. The van der Waals surface area contributed by atoms with Crippen molar-refractivity contribution in [2.24, 2.45) is 5.16 Å². The Balaban J connectivity index is 1.76. The molecule has 1 heterocycles. The first-order valence-corrected chi connectivity index (χ1v) is 11.4. The Morgan fingerprint density at radius 3 is 2.52 bits per heavy atom. The van der Waals surface area contributed by atoms with Crippen LogP contribution in [0.25, 0.3) is 0 Å². The Kier molecular flexibility index (Phi) is 7.23. The molecule has 2 N–H and O–H groups in total. The highest BCUT2D eigenvalue weighted by molar-refractivity contribution is 7.90. The molecule has 1 fully saturated rings. The molecule has 2 amide bonds. The van der Waals surface area contributed by atoms with Crippen LogP contribution in [0.4, 0.5) is 16.7 Å². The topological polar surface area (TPSA) is 139 Å². The quantitative estimate of drug-likeness (QED) is 0.618. The standard InChI is InChI=1S/C18H22ClN7O4S/c1-26(2)16-20-15(22-18(23-16)30-24-12-8-4-3-5-9-12)21-17(27)25-31(28,29)14-11-7-6-10-13(14)19/h6-7,10-11H,3-5,8-9H2,1-2H3,(H2,20,21,22,23,25,27). The van der Waals surface area contributed by atoms with Gasteiger partial charge in [0, 0.05) is 14.1 Å². The second kappa shape index (κ2) is 9.88. The molecule has 0 aliphatic heterocycles. The number of nitrogens with zero attached hydrogens (tertiary/aromatic N) is 5. The van der Waals surface area contributed by atoms with E-state index >= 15 is 0 Å². The zero-order valence-electron chi connectivity index (χ0n) is 17.0. The molecule has 1 aliphatic rings. The summed E-state index contributed by atoms with van der Waals surface area (Å²) in [5.41, 5.74) is 0.913. The molecule has 1 aliphatic carbocycles. The number of rotatable bonds is 6. The summed E-state index contributed by atoms with van der Waals surface area (Å²) < 4.78 is 26.7. The van der Waals surface area contributed by atoms with Crippen molar-refractivity contribution in [2.45, 2.75) is 37.0 Å². The molecule has 0 radical (unpaired) electrons. The first kappa shape index (κ1) is 22.7. The minimum Gasteiger partial charge on any atom is -0.347 e.